The Kier molecular flexibility index (Phi) is 3.37. The molecule has 3 nitrogen and oxygen atoms in total. The molecule has 2 heterocycles. The van der Waals surface area contributed by atoms with Crippen molar-refractivity contribution in [2.24, 2.45) is 0 Å². The van der Waals surface area contributed by atoms with Gasteiger partial charge in [-0.2, -0.15) is 0 Å². The van der Waals surface area contributed by atoms with Crippen molar-refractivity contribution in [3.8, 4) is 0 Å². The maximum Gasteiger partial charge on any atom is 0.126 e. The molecule has 2 aromatic heterocycles. The summed E-state index contributed by atoms with van der Waals surface area (Å²) in [6.07, 6.45) is -0.573. The average Bonchev–Trinajstić information content (AvgIpc) is 2.84. The van der Waals surface area contributed by atoms with E-state index in [1.54, 1.807) is 11.3 Å². The molecule has 0 aliphatic carbocycles. The van der Waals surface area contributed by atoms with E-state index in [1.807, 2.05) is 19.1 Å². The fourth-order valence-corrected chi connectivity index (χ4v) is 3.29. The van der Waals surface area contributed by atoms with Crippen molar-refractivity contribution in [2.75, 3.05) is 0 Å². The zero-order valence-corrected chi connectivity index (χ0v) is 11.1. The van der Waals surface area contributed by atoms with Crippen LogP contribution < -0.4 is 0 Å². The highest BCUT2D eigenvalue weighted by molar-refractivity contribution is 7.12. The predicted octanol–water partition coefficient (Wildman–Crippen LogP) is 3.11. The number of aryl methyl sites for hydroxylation is 1. The second-order valence-corrected chi connectivity index (χ2v) is 6.13. The van der Waals surface area contributed by atoms with E-state index in [0.717, 1.165) is 15.4 Å². The van der Waals surface area contributed by atoms with Gasteiger partial charge in [0.05, 0.1) is 10.6 Å². The molecule has 86 valence electrons. The molecule has 0 bridgehead atoms. The van der Waals surface area contributed by atoms with Crippen LogP contribution in [0.1, 0.15) is 46.2 Å². The Balaban J connectivity index is 2.33. The Morgan fingerprint density at radius 3 is 2.62 bits per heavy atom. The second kappa shape index (κ2) is 4.61. The standard InChI is InChI=1S/C11H14N2OS2/c1-6(2)9-11(16-13-12-9)10(14)8-5-4-7(3)15-8/h4-6,10,14H,1-3H3. The molecule has 5 heteroatoms. The van der Waals surface area contributed by atoms with Gasteiger partial charge in [-0.15, -0.1) is 16.4 Å². The molecule has 0 spiro atoms. The van der Waals surface area contributed by atoms with Crippen LogP contribution >= 0.6 is 22.9 Å². The quantitative estimate of drug-likeness (QED) is 0.915. The molecule has 1 unspecified atom stereocenters. The number of aromatic nitrogens is 2. The first kappa shape index (κ1) is 11.7. The summed E-state index contributed by atoms with van der Waals surface area (Å²) in [6, 6.07) is 3.99. The lowest BCUT2D eigenvalue weighted by molar-refractivity contribution is 0.226. The third kappa shape index (κ3) is 2.16. The smallest absolute Gasteiger partial charge is 0.126 e. The Morgan fingerprint density at radius 1 is 1.31 bits per heavy atom. The minimum atomic E-state index is -0.573. The van der Waals surface area contributed by atoms with E-state index in [2.05, 4.69) is 23.4 Å². The summed E-state index contributed by atoms with van der Waals surface area (Å²) in [5.74, 6) is 0.296. The maximum atomic E-state index is 10.3. The van der Waals surface area contributed by atoms with Crippen molar-refractivity contribution < 1.29 is 5.11 Å². The summed E-state index contributed by atoms with van der Waals surface area (Å²) >= 11 is 2.90. The topological polar surface area (TPSA) is 46.0 Å². The van der Waals surface area contributed by atoms with Gasteiger partial charge in [-0.25, -0.2) is 0 Å². The van der Waals surface area contributed by atoms with Crippen molar-refractivity contribution in [1.29, 1.82) is 0 Å². The summed E-state index contributed by atoms with van der Waals surface area (Å²) in [4.78, 5) is 3.04. The van der Waals surface area contributed by atoms with Crippen LogP contribution in [0.2, 0.25) is 0 Å². The van der Waals surface area contributed by atoms with Crippen LogP contribution in [0.25, 0.3) is 0 Å². The summed E-state index contributed by atoms with van der Waals surface area (Å²) in [7, 11) is 0. The minimum Gasteiger partial charge on any atom is -0.382 e. The van der Waals surface area contributed by atoms with Gasteiger partial charge >= 0.3 is 0 Å². The van der Waals surface area contributed by atoms with Crippen LogP contribution in [-0.4, -0.2) is 14.7 Å². The number of hydrogen-bond donors (Lipinski definition) is 1. The lowest BCUT2D eigenvalue weighted by Crippen LogP contribution is -2.00. The van der Waals surface area contributed by atoms with Crippen molar-refractivity contribution in [2.45, 2.75) is 32.8 Å². The summed E-state index contributed by atoms with van der Waals surface area (Å²) in [5.41, 5.74) is 0.906. The first-order chi connectivity index (χ1) is 7.59. The van der Waals surface area contributed by atoms with Gasteiger partial charge in [-0.3, -0.25) is 0 Å². The van der Waals surface area contributed by atoms with E-state index in [9.17, 15) is 5.11 Å². The lowest BCUT2D eigenvalue weighted by atomic mass is 10.1. The van der Waals surface area contributed by atoms with Gasteiger partial charge in [0.2, 0.25) is 0 Å². The van der Waals surface area contributed by atoms with E-state index in [0.29, 0.717) is 5.92 Å². The van der Waals surface area contributed by atoms with E-state index in [-0.39, 0.29) is 0 Å². The molecule has 0 fully saturated rings. The Hall–Kier alpha value is -0.780. The van der Waals surface area contributed by atoms with E-state index < -0.39 is 6.10 Å². The van der Waals surface area contributed by atoms with Gasteiger partial charge in [-0.05, 0) is 36.5 Å². The molecule has 0 aliphatic rings. The number of nitrogens with zero attached hydrogens (tertiary/aromatic N) is 2. The van der Waals surface area contributed by atoms with Crippen molar-refractivity contribution in [1.82, 2.24) is 9.59 Å². The predicted molar refractivity (Wildman–Crippen MR) is 67.1 cm³/mol. The molecule has 0 aromatic carbocycles. The highest BCUT2D eigenvalue weighted by atomic mass is 32.1. The first-order valence-corrected chi connectivity index (χ1v) is 6.75. The molecule has 0 saturated heterocycles. The molecular weight excluding hydrogens is 240 g/mol. The molecule has 2 aromatic rings. The van der Waals surface area contributed by atoms with E-state index in [1.165, 1.54) is 16.4 Å². The molecule has 1 atom stereocenters. The molecular formula is C11H14N2OS2. The Labute approximate surface area is 103 Å². The molecule has 0 aliphatic heterocycles. The molecule has 0 radical (unpaired) electrons. The van der Waals surface area contributed by atoms with Gasteiger partial charge in [0, 0.05) is 9.75 Å². The molecule has 0 amide bonds. The monoisotopic (exact) mass is 254 g/mol. The van der Waals surface area contributed by atoms with Crippen LogP contribution in [0.3, 0.4) is 0 Å². The third-order valence-corrected chi connectivity index (χ3v) is 4.21. The van der Waals surface area contributed by atoms with Gasteiger partial charge in [-0.1, -0.05) is 18.3 Å². The second-order valence-electron chi connectivity index (χ2n) is 4.03. The highest BCUT2D eigenvalue weighted by Crippen LogP contribution is 2.33. The fraction of sp³-hybridized carbons (Fsp3) is 0.455. The third-order valence-electron chi connectivity index (χ3n) is 2.37. The molecule has 16 heavy (non-hydrogen) atoms. The van der Waals surface area contributed by atoms with Crippen LogP contribution in [0, 0.1) is 6.92 Å². The maximum absolute atomic E-state index is 10.3. The zero-order valence-electron chi connectivity index (χ0n) is 9.47. The summed E-state index contributed by atoms with van der Waals surface area (Å²) < 4.78 is 3.93. The van der Waals surface area contributed by atoms with Gasteiger partial charge < -0.3 is 5.11 Å². The van der Waals surface area contributed by atoms with Gasteiger partial charge in [0.1, 0.15) is 6.10 Å². The molecule has 2 rings (SSSR count). The van der Waals surface area contributed by atoms with Crippen LogP contribution in [0.15, 0.2) is 12.1 Å². The lowest BCUT2D eigenvalue weighted by Gasteiger charge is -2.09. The Bertz CT molecular complexity index is 476. The molecule has 1 N–H and O–H groups in total. The van der Waals surface area contributed by atoms with Crippen molar-refractivity contribution >= 4 is 22.9 Å². The highest BCUT2D eigenvalue weighted by Gasteiger charge is 2.21. The van der Waals surface area contributed by atoms with E-state index >= 15 is 0 Å². The van der Waals surface area contributed by atoms with Crippen molar-refractivity contribution in [3.05, 3.63) is 32.5 Å². The zero-order chi connectivity index (χ0) is 11.7. The van der Waals surface area contributed by atoms with Gasteiger partial charge in [0.25, 0.3) is 0 Å². The Morgan fingerprint density at radius 2 is 2.06 bits per heavy atom. The summed E-state index contributed by atoms with van der Waals surface area (Å²) in [5, 5.41) is 14.3. The van der Waals surface area contributed by atoms with Crippen LogP contribution in [-0.2, 0) is 0 Å². The fourth-order valence-electron chi connectivity index (χ4n) is 1.52. The normalized spacial score (nSPS) is 13.3. The number of rotatable bonds is 3. The number of hydrogen-bond acceptors (Lipinski definition) is 5. The van der Waals surface area contributed by atoms with Crippen LogP contribution in [0.5, 0.6) is 0 Å². The average molecular weight is 254 g/mol. The van der Waals surface area contributed by atoms with Gasteiger partial charge in [0.15, 0.2) is 0 Å². The largest absolute Gasteiger partial charge is 0.382 e. The van der Waals surface area contributed by atoms with Crippen molar-refractivity contribution in [3.63, 3.8) is 0 Å². The number of aliphatic hydroxyl groups excluding tert-OH is 1. The summed E-state index contributed by atoms with van der Waals surface area (Å²) in [6.45, 7) is 6.16. The van der Waals surface area contributed by atoms with E-state index in [4.69, 9.17) is 0 Å². The minimum absolute atomic E-state index is 0.296. The number of thiophene rings is 1. The SMILES string of the molecule is Cc1ccc(C(O)c2snnc2C(C)C)s1. The first-order valence-electron chi connectivity index (χ1n) is 5.16. The van der Waals surface area contributed by atoms with Crippen LogP contribution in [0.4, 0.5) is 0 Å². The number of aliphatic hydroxyl groups is 1. The molecule has 0 saturated carbocycles.